The highest BCUT2D eigenvalue weighted by Gasteiger charge is 2.25. The number of ether oxygens (including phenoxy) is 1. The summed E-state index contributed by atoms with van der Waals surface area (Å²) in [7, 11) is 0. The molecule has 1 saturated heterocycles. The molecular formula is C14H19ClN2O2. The molecule has 4 nitrogen and oxygen atoms in total. The summed E-state index contributed by atoms with van der Waals surface area (Å²) in [5, 5.41) is 3.89. The third-order valence-corrected chi connectivity index (χ3v) is 3.42. The summed E-state index contributed by atoms with van der Waals surface area (Å²) in [6.07, 6.45) is 0.241. The van der Waals surface area contributed by atoms with Crippen molar-refractivity contribution in [3.63, 3.8) is 0 Å². The molecular weight excluding hydrogens is 264 g/mol. The van der Waals surface area contributed by atoms with Gasteiger partial charge in [-0.05, 0) is 30.7 Å². The highest BCUT2D eigenvalue weighted by molar-refractivity contribution is 6.30. The highest BCUT2D eigenvalue weighted by Crippen LogP contribution is 2.18. The molecule has 19 heavy (non-hydrogen) atoms. The predicted octanol–water partition coefficient (Wildman–Crippen LogP) is 1.93. The van der Waals surface area contributed by atoms with E-state index in [1.165, 1.54) is 0 Å². The molecule has 104 valence electrons. The molecule has 0 bridgehead atoms. The quantitative estimate of drug-likeness (QED) is 0.917. The summed E-state index contributed by atoms with van der Waals surface area (Å²) in [5.41, 5.74) is 0. The molecule has 1 heterocycles. The number of carbonyl (C=O) groups excluding carboxylic acids is 1. The average Bonchev–Trinajstić information content (AvgIpc) is 2.47. The van der Waals surface area contributed by atoms with E-state index in [0.29, 0.717) is 17.2 Å². The molecule has 1 aliphatic rings. The molecule has 1 aromatic carbocycles. The van der Waals surface area contributed by atoms with Crippen LogP contribution < -0.4 is 10.1 Å². The molecule has 1 fully saturated rings. The fraction of sp³-hybridized carbons (Fsp3) is 0.500. The summed E-state index contributed by atoms with van der Waals surface area (Å²) in [6.45, 7) is 5.16. The Kier molecular flexibility index (Phi) is 5.05. The zero-order valence-electron chi connectivity index (χ0n) is 11.1. The lowest BCUT2D eigenvalue weighted by atomic mass is 10.2. The van der Waals surface area contributed by atoms with Gasteiger partial charge in [0.05, 0.1) is 0 Å². The summed E-state index contributed by atoms with van der Waals surface area (Å²) in [6, 6.07) is 7.10. The molecule has 2 rings (SSSR count). The van der Waals surface area contributed by atoms with Gasteiger partial charge in [-0.1, -0.05) is 18.5 Å². The monoisotopic (exact) mass is 282 g/mol. The van der Waals surface area contributed by atoms with Gasteiger partial charge in [-0.3, -0.25) is 4.79 Å². The van der Waals surface area contributed by atoms with Crippen molar-refractivity contribution in [2.75, 3.05) is 26.2 Å². The van der Waals surface area contributed by atoms with Crippen LogP contribution in [0.15, 0.2) is 24.3 Å². The van der Waals surface area contributed by atoms with Gasteiger partial charge in [-0.25, -0.2) is 0 Å². The van der Waals surface area contributed by atoms with Crippen molar-refractivity contribution in [2.24, 2.45) is 0 Å². The van der Waals surface area contributed by atoms with Gasteiger partial charge in [-0.2, -0.15) is 0 Å². The number of carbonyl (C=O) groups is 1. The van der Waals surface area contributed by atoms with Gasteiger partial charge in [0.15, 0.2) is 6.10 Å². The summed E-state index contributed by atoms with van der Waals surface area (Å²) in [4.78, 5) is 14.2. The van der Waals surface area contributed by atoms with E-state index in [4.69, 9.17) is 16.3 Å². The first kappa shape index (κ1) is 14.2. The molecule has 0 spiro atoms. The second-order valence-electron chi connectivity index (χ2n) is 4.54. The maximum absolute atomic E-state index is 12.3. The average molecular weight is 283 g/mol. The number of piperazine rings is 1. The first-order chi connectivity index (χ1) is 9.20. The Bertz CT molecular complexity index is 416. The van der Waals surface area contributed by atoms with Crippen molar-refractivity contribution < 1.29 is 9.53 Å². The van der Waals surface area contributed by atoms with E-state index in [2.05, 4.69) is 5.32 Å². The molecule has 0 aliphatic carbocycles. The van der Waals surface area contributed by atoms with E-state index >= 15 is 0 Å². The van der Waals surface area contributed by atoms with Gasteiger partial charge in [0.1, 0.15) is 5.75 Å². The van der Waals surface area contributed by atoms with Gasteiger partial charge >= 0.3 is 0 Å². The third-order valence-electron chi connectivity index (χ3n) is 3.17. The van der Waals surface area contributed by atoms with E-state index in [1.54, 1.807) is 24.3 Å². The maximum atomic E-state index is 12.3. The second-order valence-corrected chi connectivity index (χ2v) is 4.98. The standard InChI is InChI=1S/C14H19ClN2O2/c1-2-13(14(18)17-9-7-16-8-10-17)19-12-5-3-11(15)4-6-12/h3-6,13,16H,2,7-10H2,1H3. The Labute approximate surface area is 118 Å². The van der Waals surface area contributed by atoms with E-state index < -0.39 is 6.10 Å². The Morgan fingerprint density at radius 3 is 2.58 bits per heavy atom. The third kappa shape index (κ3) is 3.85. The zero-order valence-corrected chi connectivity index (χ0v) is 11.8. The van der Waals surface area contributed by atoms with E-state index in [-0.39, 0.29) is 5.91 Å². The van der Waals surface area contributed by atoms with Gasteiger partial charge in [0.25, 0.3) is 5.91 Å². The predicted molar refractivity (Wildman–Crippen MR) is 75.6 cm³/mol. The molecule has 5 heteroatoms. The SMILES string of the molecule is CCC(Oc1ccc(Cl)cc1)C(=O)N1CCNCC1. The number of hydrogen-bond acceptors (Lipinski definition) is 3. The van der Waals surface area contributed by atoms with Crippen LogP contribution in [0, 0.1) is 0 Å². The Morgan fingerprint density at radius 1 is 1.37 bits per heavy atom. The van der Waals surface area contributed by atoms with Gasteiger partial charge in [0.2, 0.25) is 0 Å². The lowest BCUT2D eigenvalue weighted by Crippen LogP contribution is -2.50. The van der Waals surface area contributed by atoms with Crippen molar-refractivity contribution in [1.29, 1.82) is 0 Å². The smallest absolute Gasteiger partial charge is 0.263 e. The van der Waals surface area contributed by atoms with Crippen LogP contribution in [0.5, 0.6) is 5.75 Å². The summed E-state index contributed by atoms with van der Waals surface area (Å²) in [5.74, 6) is 0.749. The maximum Gasteiger partial charge on any atom is 0.263 e. The van der Waals surface area contributed by atoms with Gasteiger partial charge in [0, 0.05) is 31.2 Å². The number of rotatable bonds is 4. The van der Waals surface area contributed by atoms with Crippen molar-refractivity contribution in [1.82, 2.24) is 10.2 Å². The summed E-state index contributed by atoms with van der Waals surface area (Å²) >= 11 is 5.83. The molecule has 0 aromatic heterocycles. The normalized spacial score (nSPS) is 17.1. The van der Waals surface area contributed by atoms with Crippen molar-refractivity contribution in [2.45, 2.75) is 19.4 Å². The van der Waals surface area contributed by atoms with Gasteiger partial charge < -0.3 is 15.0 Å². The lowest BCUT2D eigenvalue weighted by Gasteiger charge is -2.30. The second kappa shape index (κ2) is 6.78. The van der Waals surface area contributed by atoms with Crippen molar-refractivity contribution in [3.8, 4) is 5.75 Å². The minimum absolute atomic E-state index is 0.0685. The number of amides is 1. The van der Waals surface area contributed by atoms with Crippen LogP contribution in [0.25, 0.3) is 0 Å². The number of nitrogens with zero attached hydrogens (tertiary/aromatic N) is 1. The fourth-order valence-corrected chi connectivity index (χ4v) is 2.20. The Hall–Kier alpha value is -1.26. The van der Waals surface area contributed by atoms with Crippen molar-refractivity contribution >= 4 is 17.5 Å². The van der Waals surface area contributed by atoms with Gasteiger partial charge in [-0.15, -0.1) is 0 Å². The van der Waals surface area contributed by atoms with E-state index in [0.717, 1.165) is 26.2 Å². The number of nitrogens with one attached hydrogen (secondary N) is 1. The number of halogens is 1. The van der Waals surface area contributed by atoms with Crippen molar-refractivity contribution in [3.05, 3.63) is 29.3 Å². The minimum atomic E-state index is -0.417. The molecule has 1 atom stereocenters. The summed E-state index contributed by atoms with van der Waals surface area (Å²) < 4.78 is 5.76. The molecule has 1 amide bonds. The van der Waals surface area contributed by atoms with Crippen LogP contribution in [-0.2, 0) is 4.79 Å². The fourth-order valence-electron chi connectivity index (χ4n) is 2.07. The van der Waals surface area contributed by atoms with E-state index in [9.17, 15) is 4.79 Å². The first-order valence-corrected chi connectivity index (χ1v) is 7.00. The van der Waals surface area contributed by atoms with Crippen LogP contribution in [0.4, 0.5) is 0 Å². The zero-order chi connectivity index (χ0) is 13.7. The van der Waals surface area contributed by atoms with E-state index in [1.807, 2.05) is 11.8 Å². The molecule has 1 N–H and O–H groups in total. The highest BCUT2D eigenvalue weighted by atomic mass is 35.5. The van der Waals surface area contributed by atoms with Crippen LogP contribution in [0.3, 0.4) is 0 Å². The topological polar surface area (TPSA) is 41.6 Å². The first-order valence-electron chi connectivity index (χ1n) is 6.62. The number of hydrogen-bond donors (Lipinski definition) is 1. The lowest BCUT2D eigenvalue weighted by molar-refractivity contribution is -0.139. The molecule has 1 aromatic rings. The Balaban J connectivity index is 1.98. The molecule has 1 aliphatic heterocycles. The molecule has 0 radical (unpaired) electrons. The van der Waals surface area contributed by atoms with Crippen LogP contribution in [0.1, 0.15) is 13.3 Å². The van der Waals surface area contributed by atoms with Crippen LogP contribution >= 0.6 is 11.6 Å². The molecule has 1 unspecified atom stereocenters. The largest absolute Gasteiger partial charge is 0.481 e. The van der Waals surface area contributed by atoms with Crippen LogP contribution in [0.2, 0.25) is 5.02 Å². The molecule has 0 saturated carbocycles. The Morgan fingerprint density at radius 2 is 2.00 bits per heavy atom. The minimum Gasteiger partial charge on any atom is -0.481 e. The number of benzene rings is 1. The van der Waals surface area contributed by atoms with Crippen LogP contribution in [-0.4, -0.2) is 43.1 Å².